The van der Waals surface area contributed by atoms with Gasteiger partial charge in [0.2, 0.25) is 5.91 Å². The number of carbonyl (C=O) groups excluding carboxylic acids is 1. The SMILES string of the molecule is O=C1NC(SCc2cccc(Br)c2)NC(O)C1c1ccccc1. The molecule has 1 heterocycles. The molecule has 1 amide bonds. The van der Waals surface area contributed by atoms with Crippen LogP contribution in [0.3, 0.4) is 0 Å². The second-order valence-electron chi connectivity index (χ2n) is 5.33. The van der Waals surface area contributed by atoms with Crippen molar-refractivity contribution in [1.82, 2.24) is 10.6 Å². The van der Waals surface area contributed by atoms with Gasteiger partial charge in [0, 0.05) is 10.2 Å². The van der Waals surface area contributed by atoms with Gasteiger partial charge in [0.05, 0.1) is 0 Å². The monoisotopic (exact) mass is 392 g/mol. The summed E-state index contributed by atoms with van der Waals surface area (Å²) in [6.07, 6.45) is -0.897. The highest BCUT2D eigenvalue weighted by molar-refractivity contribution is 9.10. The number of hydrogen-bond donors (Lipinski definition) is 3. The van der Waals surface area contributed by atoms with Gasteiger partial charge in [0.1, 0.15) is 17.6 Å². The quantitative estimate of drug-likeness (QED) is 0.748. The van der Waals surface area contributed by atoms with Crippen LogP contribution < -0.4 is 10.6 Å². The van der Waals surface area contributed by atoms with Gasteiger partial charge in [-0.1, -0.05) is 58.4 Å². The number of benzene rings is 2. The summed E-state index contributed by atoms with van der Waals surface area (Å²) >= 11 is 4.99. The summed E-state index contributed by atoms with van der Waals surface area (Å²) in [4.78, 5) is 12.3. The topological polar surface area (TPSA) is 61.4 Å². The Hall–Kier alpha value is -1.34. The van der Waals surface area contributed by atoms with Gasteiger partial charge < -0.3 is 10.4 Å². The van der Waals surface area contributed by atoms with Crippen LogP contribution in [0, 0.1) is 0 Å². The number of nitrogens with one attached hydrogen (secondary N) is 2. The molecule has 0 spiro atoms. The molecular weight excluding hydrogens is 376 g/mol. The molecule has 2 aromatic rings. The molecule has 6 heteroatoms. The Kier molecular flexibility index (Phi) is 5.38. The lowest BCUT2D eigenvalue weighted by atomic mass is 9.95. The van der Waals surface area contributed by atoms with E-state index in [-0.39, 0.29) is 11.4 Å². The molecule has 0 aromatic heterocycles. The second-order valence-corrected chi connectivity index (χ2v) is 7.34. The smallest absolute Gasteiger partial charge is 0.233 e. The standard InChI is InChI=1S/C17H17BrN2O2S/c18-13-8-4-5-11(9-13)10-23-17-19-15(21)14(16(22)20-17)12-6-2-1-3-7-12/h1-9,14-15,17,19,21H,10H2,(H,20,22). The van der Waals surface area contributed by atoms with Crippen molar-refractivity contribution in [1.29, 1.82) is 0 Å². The molecule has 1 fully saturated rings. The van der Waals surface area contributed by atoms with Gasteiger partial charge in [0.15, 0.2) is 0 Å². The van der Waals surface area contributed by atoms with E-state index in [1.807, 2.05) is 54.6 Å². The Morgan fingerprint density at radius 2 is 1.91 bits per heavy atom. The van der Waals surface area contributed by atoms with E-state index in [1.54, 1.807) is 11.8 Å². The van der Waals surface area contributed by atoms with E-state index in [2.05, 4.69) is 26.6 Å². The van der Waals surface area contributed by atoms with Crippen LogP contribution in [-0.4, -0.2) is 22.7 Å². The zero-order chi connectivity index (χ0) is 16.2. The van der Waals surface area contributed by atoms with E-state index in [0.717, 1.165) is 21.4 Å². The van der Waals surface area contributed by atoms with Gasteiger partial charge in [-0.15, -0.1) is 11.8 Å². The predicted octanol–water partition coefficient (Wildman–Crippen LogP) is 2.79. The van der Waals surface area contributed by atoms with Crippen LogP contribution in [-0.2, 0) is 10.5 Å². The fourth-order valence-corrected chi connectivity index (χ4v) is 3.97. The lowest BCUT2D eigenvalue weighted by Crippen LogP contribution is -2.58. The average Bonchev–Trinajstić information content (AvgIpc) is 2.53. The Labute approximate surface area is 147 Å². The van der Waals surface area contributed by atoms with Gasteiger partial charge in [-0.3, -0.25) is 10.1 Å². The highest BCUT2D eigenvalue weighted by Gasteiger charge is 2.36. The molecule has 3 atom stereocenters. The average molecular weight is 393 g/mol. The number of aliphatic hydroxyl groups is 1. The number of aliphatic hydroxyl groups excluding tert-OH is 1. The first-order valence-electron chi connectivity index (χ1n) is 7.29. The van der Waals surface area contributed by atoms with Crippen molar-refractivity contribution in [2.24, 2.45) is 0 Å². The maximum atomic E-state index is 12.3. The Morgan fingerprint density at radius 1 is 1.13 bits per heavy atom. The van der Waals surface area contributed by atoms with Crippen molar-refractivity contribution in [3.63, 3.8) is 0 Å². The number of amides is 1. The highest BCUT2D eigenvalue weighted by Crippen LogP contribution is 2.26. The molecule has 4 nitrogen and oxygen atoms in total. The zero-order valence-corrected chi connectivity index (χ0v) is 14.7. The minimum absolute atomic E-state index is 0.158. The first-order valence-corrected chi connectivity index (χ1v) is 9.13. The molecule has 0 aliphatic carbocycles. The fourth-order valence-electron chi connectivity index (χ4n) is 2.55. The van der Waals surface area contributed by atoms with E-state index in [9.17, 15) is 9.90 Å². The molecule has 120 valence electrons. The maximum Gasteiger partial charge on any atom is 0.233 e. The number of carbonyl (C=O) groups is 1. The zero-order valence-electron chi connectivity index (χ0n) is 12.3. The summed E-state index contributed by atoms with van der Waals surface area (Å²) in [7, 11) is 0. The Bertz CT molecular complexity index is 683. The molecule has 3 N–H and O–H groups in total. The molecule has 1 saturated heterocycles. The van der Waals surface area contributed by atoms with Crippen LogP contribution >= 0.6 is 27.7 Å². The summed E-state index contributed by atoms with van der Waals surface area (Å²) in [6.45, 7) is 0. The third-order valence-electron chi connectivity index (χ3n) is 3.66. The largest absolute Gasteiger partial charge is 0.377 e. The summed E-state index contributed by atoms with van der Waals surface area (Å²) in [5, 5.41) is 16.3. The number of halogens is 1. The summed E-state index contributed by atoms with van der Waals surface area (Å²) in [6, 6.07) is 17.4. The van der Waals surface area contributed by atoms with Crippen molar-refractivity contribution < 1.29 is 9.90 Å². The molecular formula is C17H17BrN2O2S. The number of rotatable bonds is 4. The first-order chi connectivity index (χ1) is 11.1. The van der Waals surface area contributed by atoms with Crippen LogP contribution in [0.25, 0.3) is 0 Å². The number of hydrogen-bond acceptors (Lipinski definition) is 4. The molecule has 1 aliphatic heterocycles. The normalized spacial score (nSPS) is 24.3. The van der Waals surface area contributed by atoms with Crippen molar-refractivity contribution in [2.45, 2.75) is 23.4 Å². The Balaban J connectivity index is 1.62. The lowest BCUT2D eigenvalue weighted by molar-refractivity contribution is -0.129. The third-order valence-corrected chi connectivity index (χ3v) is 5.24. The highest BCUT2D eigenvalue weighted by atomic mass is 79.9. The van der Waals surface area contributed by atoms with Gasteiger partial charge in [-0.2, -0.15) is 0 Å². The summed E-state index contributed by atoms with van der Waals surface area (Å²) < 4.78 is 1.03. The lowest BCUT2D eigenvalue weighted by Gasteiger charge is -2.34. The van der Waals surface area contributed by atoms with Crippen LogP contribution in [0.4, 0.5) is 0 Å². The Morgan fingerprint density at radius 3 is 2.61 bits per heavy atom. The molecule has 3 unspecified atom stereocenters. The van der Waals surface area contributed by atoms with Gasteiger partial charge in [0.25, 0.3) is 0 Å². The minimum Gasteiger partial charge on any atom is -0.377 e. The van der Waals surface area contributed by atoms with E-state index >= 15 is 0 Å². The van der Waals surface area contributed by atoms with Crippen LogP contribution in [0.15, 0.2) is 59.1 Å². The molecule has 0 radical (unpaired) electrons. The van der Waals surface area contributed by atoms with Crippen molar-refractivity contribution >= 4 is 33.6 Å². The first kappa shape index (κ1) is 16.5. The molecule has 0 bridgehead atoms. The van der Waals surface area contributed by atoms with Crippen LogP contribution in [0.5, 0.6) is 0 Å². The second kappa shape index (κ2) is 7.49. The number of thioether (sulfide) groups is 1. The summed E-state index contributed by atoms with van der Waals surface area (Å²) in [5.41, 5.74) is 1.65. The van der Waals surface area contributed by atoms with Crippen LogP contribution in [0.2, 0.25) is 0 Å². The van der Waals surface area contributed by atoms with Crippen molar-refractivity contribution in [3.05, 3.63) is 70.2 Å². The molecule has 3 rings (SSSR count). The van der Waals surface area contributed by atoms with Crippen molar-refractivity contribution in [2.75, 3.05) is 0 Å². The van der Waals surface area contributed by atoms with E-state index < -0.39 is 12.1 Å². The molecule has 1 aliphatic rings. The van der Waals surface area contributed by atoms with Gasteiger partial charge >= 0.3 is 0 Å². The maximum absolute atomic E-state index is 12.3. The van der Waals surface area contributed by atoms with Gasteiger partial charge in [-0.25, -0.2) is 0 Å². The molecule has 0 saturated carbocycles. The predicted molar refractivity (Wildman–Crippen MR) is 95.7 cm³/mol. The molecule has 2 aromatic carbocycles. The van der Waals surface area contributed by atoms with E-state index in [1.165, 1.54) is 0 Å². The van der Waals surface area contributed by atoms with Crippen molar-refractivity contribution in [3.8, 4) is 0 Å². The fraction of sp³-hybridized carbons (Fsp3) is 0.235. The van der Waals surface area contributed by atoms with Crippen LogP contribution in [0.1, 0.15) is 17.0 Å². The van der Waals surface area contributed by atoms with E-state index in [4.69, 9.17) is 0 Å². The summed E-state index contributed by atoms with van der Waals surface area (Å²) in [5.74, 6) is -0.00627. The van der Waals surface area contributed by atoms with E-state index in [0.29, 0.717) is 0 Å². The molecule has 23 heavy (non-hydrogen) atoms. The van der Waals surface area contributed by atoms with Gasteiger partial charge in [-0.05, 0) is 23.3 Å². The minimum atomic E-state index is -0.897. The third kappa shape index (κ3) is 4.14.